The smallest absolute Gasteiger partial charge is 0.186 e. The third-order valence-corrected chi connectivity index (χ3v) is 4.12. The molecule has 0 spiro atoms. The van der Waals surface area contributed by atoms with Crippen LogP contribution in [0.3, 0.4) is 0 Å². The molecule has 0 aromatic heterocycles. The van der Waals surface area contributed by atoms with Gasteiger partial charge >= 0.3 is 0 Å². The topological polar surface area (TPSA) is 66.4 Å². The summed E-state index contributed by atoms with van der Waals surface area (Å²) in [6, 6.07) is 0. The molecule has 0 aromatic carbocycles. The van der Waals surface area contributed by atoms with Crippen LogP contribution in [-0.2, 0) is 23.7 Å². The Labute approximate surface area is 120 Å². The molecule has 0 bridgehead atoms. The van der Waals surface area contributed by atoms with Gasteiger partial charge in [-0.1, -0.05) is 0 Å². The average molecular weight is 290 g/mol. The number of aliphatic hydroxyl groups is 1. The van der Waals surface area contributed by atoms with Gasteiger partial charge < -0.3 is 28.8 Å². The maximum Gasteiger partial charge on any atom is 0.186 e. The van der Waals surface area contributed by atoms with Gasteiger partial charge in [-0.15, -0.1) is 0 Å². The Kier molecular flexibility index (Phi) is 5.77. The molecule has 1 N–H and O–H groups in total. The highest BCUT2D eigenvalue weighted by Crippen LogP contribution is 2.36. The molecule has 6 heteroatoms. The monoisotopic (exact) mass is 290 g/mol. The van der Waals surface area contributed by atoms with Gasteiger partial charge in [0.15, 0.2) is 6.29 Å². The van der Waals surface area contributed by atoms with E-state index in [4.69, 9.17) is 23.7 Å². The highest BCUT2D eigenvalue weighted by atomic mass is 16.7. The first kappa shape index (κ1) is 16.1. The van der Waals surface area contributed by atoms with E-state index >= 15 is 0 Å². The maximum absolute atomic E-state index is 10.4. The van der Waals surface area contributed by atoms with E-state index in [2.05, 4.69) is 0 Å². The van der Waals surface area contributed by atoms with Crippen molar-refractivity contribution in [2.45, 2.75) is 56.6 Å². The van der Waals surface area contributed by atoms with Crippen molar-refractivity contribution in [1.29, 1.82) is 0 Å². The molecule has 0 aromatic rings. The summed E-state index contributed by atoms with van der Waals surface area (Å²) in [5.41, 5.74) is 0. The van der Waals surface area contributed by atoms with Gasteiger partial charge in [-0.2, -0.15) is 0 Å². The van der Waals surface area contributed by atoms with E-state index in [0.717, 1.165) is 0 Å². The van der Waals surface area contributed by atoms with Gasteiger partial charge in [0.25, 0.3) is 0 Å². The zero-order valence-electron chi connectivity index (χ0n) is 12.7. The zero-order valence-corrected chi connectivity index (χ0v) is 12.7. The molecule has 0 unspecified atom stereocenters. The molecule has 2 fully saturated rings. The number of methoxy groups -OCH3 is 3. The molecule has 0 amide bonds. The lowest BCUT2D eigenvalue weighted by Gasteiger charge is -2.43. The van der Waals surface area contributed by atoms with Crippen molar-refractivity contribution in [3.05, 3.63) is 0 Å². The molecule has 1 heterocycles. The molecule has 2 aliphatic rings. The van der Waals surface area contributed by atoms with E-state index < -0.39 is 18.5 Å². The lowest BCUT2D eigenvalue weighted by atomic mass is 9.98. The highest BCUT2D eigenvalue weighted by Gasteiger charge is 2.47. The van der Waals surface area contributed by atoms with Crippen LogP contribution in [0, 0.1) is 5.92 Å². The Morgan fingerprint density at radius 1 is 1.15 bits per heavy atom. The van der Waals surface area contributed by atoms with Gasteiger partial charge in [-0.25, -0.2) is 0 Å². The van der Waals surface area contributed by atoms with E-state index in [-0.39, 0.29) is 18.3 Å². The highest BCUT2D eigenvalue weighted by molar-refractivity contribution is 4.92. The van der Waals surface area contributed by atoms with Gasteiger partial charge in [0.05, 0.1) is 12.7 Å². The maximum atomic E-state index is 10.4. The van der Waals surface area contributed by atoms with Gasteiger partial charge in [0, 0.05) is 21.3 Å². The summed E-state index contributed by atoms with van der Waals surface area (Å²) in [4.78, 5) is 0. The summed E-state index contributed by atoms with van der Waals surface area (Å²) in [5.74, 6) is 0.577. The van der Waals surface area contributed by atoms with Crippen LogP contribution in [0.25, 0.3) is 0 Å². The molecule has 1 saturated heterocycles. The molecule has 1 saturated carbocycles. The van der Waals surface area contributed by atoms with Crippen molar-refractivity contribution in [3.63, 3.8) is 0 Å². The molecule has 2 rings (SSSR count). The molecular weight excluding hydrogens is 264 g/mol. The van der Waals surface area contributed by atoms with Crippen molar-refractivity contribution in [1.82, 2.24) is 0 Å². The molecule has 118 valence electrons. The molecule has 6 atom stereocenters. The Balaban J connectivity index is 2.03. The number of rotatable bonds is 7. The normalized spacial score (nSPS) is 39.8. The second-order valence-corrected chi connectivity index (χ2v) is 5.57. The number of aliphatic hydroxyl groups excluding tert-OH is 1. The molecular formula is C14H26O6. The average Bonchev–Trinajstić information content (AvgIpc) is 3.26. The lowest BCUT2D eigenvalue weighted by molar-refractivity contribution is -0.318. The number of ether oxygens (including phenoxy) is 5. The quantitative estimate of drug-likeness (QED) is 0.739. The summed E-state index contributed by atoms with van der Waals surface area (Å²) < 4.78 is 27.6. The zero-order chi connectivity index (χ0) is 14.7. The van der Waals surface area contributed by atoms with Crippen LogP contribution in [0.15, 0.2) is 0 Å². The third kappa shape index (κ3) is 3.50. The minimum absolute atomic E-state index is 0.0782. The number of hydrogen-bond donors (Lipinski definition) is 1. The Morgan fingerprint density at radius 2 is 1.80 bits per heavy atom. The lowest BCUT2D eigenvalue weighted by Crippen LogP contribution is -2.61. The van der Waals surface area contributed by atoms with E-state index in [0.29, 0.717) is 12.5 Å². The summed E-state index contributed by atoms with van der Waals surface area (Å²) in [6.07, 6.45) is -0.346. The molecule has 6 nitrogen and oxygen atoms in total. The van der Waals surface area contributed by atoms with Crippen molar-refractivity contribution < 1.29 is 28.8 Å². The Bertz CT molecular complexity index is 295. The Morgan fingerprint density at radius 3 is 2.30 bits per heavy atom. The molecule has 20 heavy (non-hydrogen) atoms. The Hall–Kier alpha value is -0.240. The first-order valence-electron chi connectivity index (χ1n) is 7.15. The minimum atomic E-state index is -0.876. The first-order chi connectivity index (χ1) is 9.62. The minimum Gasteiger partial charge on any atom is -0.385 e. The number of hydrogen-bond acceptors (Lipinski definition) is 6. The second-order valence-electron chi connectivity index (χ2n) is 5.57. The summed E-state index contributed by atoms with van der Waals surface area (Å²) in [5, 5.41) is 10.4. The van der Waals surface area contributed by atoms with Crippen LogP contribution in [0.5, 0.6) is 0 Å². The molecule has 1 aliphatic carbocycles. The van der Waals surface area contributed by atoms with Gasteiger partial charge in [0.2, 0.25) is 0 Å². The van der Waals surface area contributed by atoms with Crippen LogP contribution >= 0.6 is 0 Å². The van der Waals surface area contributed by atoms with Crippen molar-refractivity contribution >= 4 is 0 Å². The van der Waals surface area contributed by atoms with E-state index in [9.17, 15) is 5.11 Å². The molecule has 1 aliphatic heterocycles. The van der Waals surface area contributed by atoms with Crippen LogP contribution in [-0.4, -0.2) is 69.9 Å². The predicted molar refractivity (Wildman–Crippen MR) is 71.4 cm³/mol. The van der Waals surface area contributed by atoms with Crippen LogP contribution in [0.1, 0.15) is 19.8 Å². The summed E-state index contributed by atoms with van der Waals surface area (Å²) in [7, 11) is 4.73. The standard InChI is InChI=1S/C14H26O6/c1-8(9-5-6-9)19-14-11(15)13(18-4)12(17-3)10(20-14)7-16-2/h8-15H,5-7H2,1-4H3/t8-,10-,11+,12-,13-,14+/m1/s1. The van der Waals surface area contributed by atoms with E-state index in [1.54, 1.807) is 21.3 Å². The van der Waals surface area contributed by atoms with Crippen molar-refractivity contribution in [2.24, 2.45) is 5.92 Å². The van der Waals surface area contributed by atoms with Crippen molar-refractivity contribution in [2.75, 3.05) is 27.9 Å². The van der Waals surface area contributed by atoms with Gasteiger partial charge in [-0.05, 0) is 25.7 Å². The fourth-order valence-electron chi connectivity index (χ4n) is 2.75. The van der Waals surface area contributed by atoms with Gasteiger partial charge in [-0.3, -0.25) is 0 Å². The van der Waals surface area contributed by atoms with E-state index in [1.165, 1.54) is 12.8 Å². The fourth-order valence-corrected chi connectivity index (χ4v) is 2.75. The fraction of sp³-hybridized carbons (Fsp3) is 1.00. The third-order valence-electron chi connectivity index (χ3n) is 4.12. The largest absolute Gasteiger partial charge is 0.385 e. The van der Waals surface area contributed by atoms with Crippen molar-refractivity contribution in [3.8, 4) is 0 Å². The SMILES string of the molecule is COC[C@H]1O[C@H](O[C@H](C)C2CC2)[C@@H](O)[C@@H](OC)[C@@H]1OC. The van der Waals surface area contributed by atoms with Crippen LogP contribution < -0.4 is 0 Å². The van der Waals surface area contributed by atoms with E-state index in [1.807, 2.05) is 6.92 Å². The molecule has 0 radical (unpaired) electrons. The van der Waals surface area contributed by atoms with Crippen LogP contribution in [0.2, 0.25) is 0 Å². The second kappa shape index (κ2) is 7.15. The summed E-state index contributed by atoms with van der Waals surface area (Å²) in [6.45, 7) is 2.38. The summed E-state index contributed by atoms with van der Waals surface area (Å²) >= 11 is 0. The van der Waals surface area contributed by atoms with Gasteiger partial charge in [0.1, 0.15) is 24.4 Å². The first-order valence-corrected chi connectivity index (χ1v) is 7.15. The predicted octanol–water partition coefficient (Wildman–Crippen LogP) is 0.564. The van der Waals surface area contributed by atoms with Crippen LogP contribution in [0.4, 0.5) is 0 Å².